The van der Waals surface area contributed by atoms with Gasteiger partial charge >= 0.3 is 0 Å². The molecule has 2 fully saturated rings. The molecule has 3 N–H and O–H groups in total. The Morgan fingerprint density at radius 3 is 1.92 bits per heavy atom. The molecule has 1 saturated heterocycles. The maximum atomic E-state index is 12.6. The minimum Gasteiger partial charge on any atom is -0.494 e. The van der Waals surface area contributed by atoms with Gasteiger partial charge in [-0.15, -0.1) is 11.3 Å². The molecule has 16 heteroatoms. The first-order valence-electron chi connectivity index (χ1n) is 26.9. The lowest BCUT2D eigenvalue weighted by Gasteiger charge is -2.57. The Morgan fingerprint density at radius 1 is 0.923 bits per heavy atom. The summed E-state index contributed by atoms with van der Waals surface area (Å²) in [6.45, 7) is 32.1. The van der Waals surface area contributed by atoms with E-state index in [4.69, 9.17) is 36.2 Å². The molecule has 438 valence electrons. The van der Waals surface area contributed by atoms with Gasteiger partial charge in [-0.05, 0) is 116 Å². The second kappa shape index (κ2) is 43.6. The third-order valence-electron chi connectivity index (χ3n) is 12.9. The molecule has 2 heterocycles. The van der Waals surface area contributed by atoms with E-state index in [2.05, 4.69) is 89.6 Å². The number of carbonyl (C=O) groups is 4. The quantitative estimate of drug-likeness (QED) is 0.0598. The summed E-state index contributed by atoms with van der Waals surface area (Å²) in [5.41, 5.74) is 6.10. The number of carbonyl (C=O) groups excluding carboxylic acids is 4. The number of aliphatic hydroxyl groups excluding tert-OH is 1. The molecule has 0 radical (unpaired) electrons. The smallest absolute Gasteiger partial charge is 0.251 e. The van der Waals surface area contributed by atoms with Gasteiger partial charge < -0.3 is 39.6 Å². The number of unbranched alkanes of at least 4 members (excludes halogenated alkanes) is 1. The maximum absolute atomic E-state index is 12.6. The molecular formula is C62H98ClN5O9S. The van der Waals surface area contributed by atoms with Gasteiger partial charge in [0.1, 0.15) is 18.4 Å². The molecule has 0 bridgehead atoms. The van der Waals surface area contributed by atoms with Crippen molar-refractivity contribution in [2.24, 2.45) is 28.1 Å². The van der Waals surface area contributed by atoms with Crippen LogP contribution < -0.4 is 15.4 Å². The van der Waals surface area contributed by atoms with Gasteiger partial charge in [0.25, 0.3) is 5.91 Å². The Balaban J connectivity index is 0. The number of hydrogen-bond donors (Lipinski definition) is 3. The molecule has 3 amide bonds. The first kappa shape index (κ1) is 74.9. The number of nitrogens with one attached hydrogen (secondary N) is 2. The number of halogens is 1. The average Bonchev–Trinajstić information content (AvgIpc) is 4.15. The maximum Gasteiger partial charge on any atom is 0.251 e. The van der Waals surface area contributed by atoms with Gasteiger partial charge in [0.05, 0.1) is 35.9 Å². The number of hydrogen-bond acceptors (Lipinski definition) is 12. The number of nitriles is 1. The number of ketones is 1. The van der Waals surface area contributed by atoms with Gasteiger partial charge in [-0.1, -0.05) is 130 Å². The topological polar surface area (TPSA) is 189 Å². The highest BCUT2D eigenvalue weighted by Gasteiger charge is 2.53. The number of aliphatic hydroxyl groups is 1. The van der Waals surface area contributed by atoms with Crippen molar-refractivity contribution >= 4 is 47.4 Å². The monoisotopic (exact) mass is 1120 g/mol. The summed E-state index contributed by atoms with van der Waals surface area (Å²) in [7, 11) is 4.25. The summed E-state index contributed by atoms with van der Waals surface area (Å²) in [5, 5.41) is 23.6. The van der Waals surface area contributed by atoms with Crippen LogP contribution in [0.2, 0.25) is 5.02 Å². The molecule has 4 aromatic rings. The van der Waals surface area contributed by atoms with E-state index >= 15 is 0 Å². The molecule has 1 saturated carbocycles. The molecule has 14 nitrogen and oxygen atoms in total. The Hall–Kier alpha value is -5.21. The van der Waals surface area contributed by atoms with Crippen LogP contribution in [0.25, 0.3) is 0 Å². The molecule has 0 spiro atoms. The molecular weight excluding hydrogens is 1030 g/mol. The number of likely N-dealkylation sites (tertiary alicyclic amines) is 1. The van der Waals surface area contributed by atoms with Crippen LogP contribution in [0, 0.1) is 46.3 Å². The van der Waals surface area contributed by atoms with Crippen molar-refractivity contribution in [2.45, 2.75) is 147 Å². The first-order valence-corrected chi connectivity index (χ1v) is 28.2. The number of nitrogens with zero attached hydrogens (tertiary/aromatic N) is 3. The summed E-state index contributed by atoms with van der Waals surface area (Å²) in [6.07, 6.45) is 9.50. The number of benzene rings is 3. The van der Waals surface area contributed by atoms with Crippen LogP contribution in [0.4, 0.5) is 0 Å². The van der Waals surface area contributed by atoms with Crippen molar-refractivity contribution in [1.82, 2.24) is 20.5 Å². The van der Waals surface area contributed by atoms with Crippen LogP contribution in [-0.2, 0) is 35.1 Å². The SMILES string of the molecule is CC(C)C(C)(C)C.CC1CCCN1C=O.CCC(C)C(=O)COCCOCCCCOc1ccc(C(=O)NC2C(C)(C)CC2(C)C)cc1.CO.COC.Cc1ccc(CNC=O)cc1.N#Cc1ccccc1Cl.c1cscn1. The lowest BCUT2D eigenvalue weighted by molar-refractivity contribution is -0.127. The molecule has 1 aromatic heterocycles. The van der Waals surface area contributed by atoms with E-state index in [1.165, 1.54) is 18.4 Å². The molecule has 1 aliphatic carbocycles. The Labute approximate surface area is 479 Å². The van der Waals surface area contributed by atoms with E-state index in [-0.39, 0.29) is 41.1 Å². The Kier molecular flexibility index (Phi) is 41.9. The predicted octanol–water partition coefficient (Wildman–Crippen LogP) is 12.8. The summed E-state index contributed by atoms with van der Waals surface area (Å²) < 4.78 is 20.9. The fourth-order valence-corrected chi connectivity index (χ4v) is 8.11. The number of amides is 3. The van der Waals surface area contributed by atoms with Gasteiger partial charge in [-0.2, -0.15) is 5.26 Å². The van der Waals surface area contributed by atoms with Crippen molar-refractivity contribution in [3.63, 3.8) is 0 Å². The summed E-state index contributed by atoms with van der Waals surface area (Å²) >= 11 is 7.20. The van der Waals surface area contributed by atoms with Crippen LogP contribution in [-0.4, -0.2) is 112 Å². The first-order chi connectivity index (χ1) is 36.9. The highest BCUT2D eigenvalue weighted by molar-refractivity contribution is 7.07. The van der Waals surface area contributed by atoms with E-state index in [1.54, 1.807) is 61.5 Å². The minimum atomic E-state index is -0.0298. The zero-order chi connectivity index (χ0) is 59.6. The van der Waals surface area contributed by atoms with Crippen molar-refractivity contribution in [1.29, 1.82) is 5.26 Å². The van der Waals surface area contributed by atoms with Gasteiger partial charge in [0.15, 0.2) is 5.78 Å². The zero-order valence-electron chi connectivity index (χ0n) is 50.2. The van der Waals surface area contributed by atoms with E-state index in [1.807, 2.05) is 85.7 Å². The fourth-order valence-electron chi connectivity index (χ4n) is 7.58. The third-order valence-corrected chi connectivity index (χ3v) is 13.8. The molecule has 3 aromatic carbocycles. The second-order valence-electron chi connectivity index (χ2n) is 21.6. The largest absolute Gasteiger partial charge is 0.494 e. The fraction of sp³-hybridized carbons (Fsp3) is 0.581. The summed E-state index contributed by atoms with van der Waals surface area (Å²) in [5.74, 6) is 1.74. The summed E-state index contributed by atoms with van der Waals surface area (Å²) in [4.78, 5) is 50.0. The van der Waals surface area contributed by atoms with Crippen LogP contribution in [0.3, 0.4) is 0 Å². The molecule has 6 rings (SSSR count). The lowest BCUT2D eigenvalue weighted by Crippen LogP contribution is -2.63. The molecule has 2 atom stereocenters. The minimum absolute atomic E-state index is 0.0298. The predicted molar refractivity (Wildman–Crippen MR) is 320 cm³/mol. The van der Waals surface area contributed by atoms with E-state index in [0.717, 1.165) is 63.0 Å². The van der Waals surface area contributed by atoms with Crippen LogP contribution in [0.15, 0.2) is 89.9 Å². The van der Waals surface area contributed by atoms with Gasteiger partial charge in [0, 0.05) is 76.2 Å². The van der Waals surface area contributed by atoms with Gasteiger partial charge in [-0.25, -0.2) is 0 Å². The number of ether oxygens (including phenoxy) is 4. The van der Waals surface area contributed by atoms with Crippen molar-refractivity contribution in [2.75, 3.05) is 60.9 Å². The Morgan fingerprint density at radius 2 is 1.50 bits per heavy atom. The molecule has 2 unspecified atom stereocenters. The standard InChI is InChI=1S/C27H43NO5.C9H11NO.C7H4ClN.C7H16.C6H11NO.C3H3NS.C2H6O.CH4O/c1-7-20(2)23(29)18-32-17-16-31-14-8-9-15-33-22-12-10-21(11-13-22)24(30)28-25-26(3,4)19-27(25,5)6;1-8-2-4-9(5-3-8)6-10-7-11;8-7-4-2-1-3-6(7)5-9;1-6(2)7(3,4)5;1-6-3-2-4-7(6)5-8;1-2-5-3-4-1;1-3-2;1-2/h10-13,20,25H,7-9,14-19H2,1-6H3,(H,28,30);2-5,7H,6H2,1H3,(H,10,11);1-4H;6H,1-5H3;5-6H,2-4H2,1H3;1-3H;1-2H3;2H,1H3. The third kappa shape index (κ3) is 34.6. The number of aromatic nitrogens is 1. The van der Waals surface area contributed by atoms with Crippen LogP contribution in [0.1, 0.15) is 149 Å². The van der Waals surface area contributed by atoms with Crippen molar-refractivity contribution in [3.8, 4) is 11.8 Å². The number of rotatable bonds is 19. The molecule has 1 aliphatic heterocycles. The van der Waals surface area contributed by atoms with Gasteiger partial charge in [-0.3, -0.25) is 24.2 Å². The normalized spacial score (nSPS) is 14.7. The summed E-state index contributed by atoms with van der Waals surface area (Å²) in [6, 6.07) is 25.0. The average molecular weight is 1130 g/mol. The number of Topliss-reactive ketones (excluding diaryl/α,β-unsaturated/α-hetero) is 1. The second-order valence-corrected chi connectivity index (χ2v) is 22.8. The van der Waals surface area contributed by atoms with Crippen LogP contribution >= 0.6 is 22.9 Å². The van der Waals surface area contributed by atoms with Crippen molar-refractivity contribution < 1.29 is 43.2 Å². The van der Waals surface area contributed by atoms with Crippen LogP contribution in [0.5, 0.6) is 5.75 Å². The van der Waals surface area contributed by atoms with Gasteiger partial charge in [0.2, 0.25) is 12.8 Å². The highest BCUT2D eigenvalue weighted by atomic mass is 35.5. The van der Waals surface area contributed by atoms with E-state index < -0.39 is 0 Å². The number of aryl methyl sites for hydroxylation is 1. The zero-order valence-corrected chi connectivity index (χ0v) is 51.7. The lowest BCUT2D eigenvalue weighted by atomic mass is 9.52. The Bertz CT molecular complexity index is 2150. The molecule has 78 heavy (non-hydrogen) atoms. The van der Waals surface area contributed by atoms with E-state index in [0.29, 0.717) is 67.0 Å². The highest BCUT2D eigenvalue weighted by Crippen LogP contribution is 2.53. The number of methoxy groups -OCH3 is 1. The van der Waals surface area contributed by atoms with Crippen molar-refractivity contribution in [3.05, 3.63) is 117 Å². The molecule has 2 aliphatic rings. The van der Waals surface area contributed by atoms with E-state index in [9.17, 15) is 19.2 Å². The number of thiazole rings is 1.